The Bertz CT molecular complexity index is 1470. The molecule has 204 valence electrons. The van der Waals surface area contributed by atoms with Crippen LogP contribution in [0.5, 0.6) is 0 Å². The third-order valence-electron chi connectivity index (χ3n) is 10.8. The van der Waals surface area contributed by atoms with E-state index in [0.29, 0.717) is 30.4 Å². The molecule has 3 saturated carbocycles. The molecule has 1 saturated heterocycles. The Morgan fingerprint density at radius 3 is 2.82 bits per heavy atom. The standard InChI is InChI=1S/C31H32FNO6/c1-28-10-9-20(35)12-19(28)7-8-21-22-13-26-31(25(37)16-34,29(22,2)14-24(36)30(21,28)32)39-27(38-26)18-11-17-5-3-4-6-23(17)33-15-18/h3-6,9-12,15,21-22,24,26-27,34,36H,7-8,13-14,16H2,1-2H3/t21-,22-,24-,26+,27?,28-,29-,30-,31+/m0/s1. The van der Waals surface area contributed by atoms with E-state index in [2.05, 4.69) is 4.98 Å². The number of Topliss-reactive ketones (excluding diaryl/α,β-unsaturated/α-hetero) is 1. The molecule has 1 aliphatic heterocycles. The zero-order valence-corrected chi connectivity index (χ0v) is 22.0. The number of aliphatic hydroxyl groups is 2. The number of benzene rings is 1. The predicted molar refractivity (Wildman–Crippen MR) is 139 cm³/mol. The number of allylic oxidation sites excluding steroid dienone is 4. The van der Waals surface area contributed by atoms with Crippen molar-refractivity contribution in [1.82, 2.24) is 4.98 Å². The zero-order valence-electron chi connectivity index (χ0n) is 22.0. The lowest BCUT2D eigenvalue weighted by molar-refractivity contribution is -0.231. The third-order valence-corrected chi connectivity index (χ3v) is 10.8. The van der Waals surface area contributed by atoms with Gasteiger partial charge in [0.2, 0.25) is 0 Å². The Kier molecular flexibility index (Phi) is 5.25. The van der Waals surface area contributed by atoms with Crippen molar-refractivity contribution in [3.05, 3.63) is 65.9 Å². The molecular formula is C31H32FNO6. The summed E-state index contributed by atoms with van der Waals surface area (Å²) in [4.78, 5) is 30.2. The Balaban J connectivity index is 1.30. The first-order chi connectivity index (χ1) is 18.6. The van der Waals surface area contributed by atoms with Crippen molar-refractivity contribution in [2.24, 2.45) is 22.7 Å². The lowest BCUT2D eigenvalue weighted by Crippen LogP contribution is -2.69. The lowest BCUT2D eigenvalue weighted by atomic mass is 9.44. The highest BCUT2D eigenvalue weighted by molar-refractivity contribution is 6.01. The van der Waals surface area contributed by atoms with Crippen LogP contribution in [0.15, 0.2) is 60.3 Å². The maximum absolute atomic E-state index is 17.5. The Morgan fingerprint density at radius 1 is 1.23 bits per heavy atom. The highest BCUT2D eigenvalue weighted by Crippen LogP contribution is 2.72. The van der Waals surface area contributed by atoms with E-state index in [0.717, 1.165) is 10.9 Å². The highest BCUT2D eigenvalue weighted by Gasteiger charge is 2.79. The van der Waals surface area contributed by atoms with Gasteiger partial charge in [-0.1, -0.05) is 36.8 Å². The van der Waals surface area contributed by atoms with Gasteiger partial charge in [0.15, 0.2) is 29.1 Å². The number of alkyl halides is 1. The number of ether oxygens (including phenoxy) is 2. The van der Waals surface area contributed by atoms with Gasteiger partial charge in [-0.25, -0.2) is 4.39 Å². The van der Waals surface area contributed by atoms with Gasteiger partial charge in [-0.2, -0.15) is 0 Å². The molecule has 8 heteroatoms. The van der Waals surface area contributed by atoms with Crippen LogP contribution in [0.4, 0.5) is 4.39 Å². The summed E-state index contributed by atoms with van der Waals surface area (Å²) in [7, 11) is 0. The summed E-state index contributed by atoms with van der Waals surface area (Å²) in [5, 5.41) is 22.7. The minimum atomic E-state index is -2.03. The maximum Gasteiger partial charge on any atom is 0.193 e. The second-order valence-corrected chi connectivity index (χ2v) is 12.4. The van der Waals surface area contributed by atoms with E-state index in [4.69, 9.17) is 9.47 Å². The van der Waals surface area contributed by atoms with Crippen LogP contribution in [0, 0.1) is 22.7 Å². The van der Waals surface area contributed by atoms with Gasteiger partial charge < -0.3 is 19.7 Å². The number of fused-ring (bicyclic) bond motifs is 8. The van der Waals surface area contributed by atoms with Crippen LogP contribution in [-0.4, -0.2) is 56.8 Å². The number of para-hydroxylation sites is 1. The van der Waals surface area contributed by atoms with Crippen molar-refractivity contribution in [1.29, 1.82) is 0 Å². The van der Waals surface area contributed by atoms with Gasteiger partial charge in [0.25, 0.3) is 0 Å². The van der Waals surface area contributed by atoms with Crippen LogP contribution >= 0.6 is 0 Å². The van der Waals surface area contributed by atoms with Crippen molar-refractivity contribution >= 4 is 22.5 Å². The molecule has 0 bridgehead atoms. The first kappa shape index (κ1) is 25.2. The molecule has 2 aromatic rings. The first-order valence-electron chi connectivity index (χ1n) is 13.7. The molecule has 7 nitrogen and oxygen atoms in total. The first-order valence-corrected chi connectivity index (χ1v) is 13.7. The minimum absolute atomic E-state index is 0.0381. The zero-order chi connectivity index (χ0) is 27.4. The topological polar surface area (TPSA) is 106 Å². The number of pyridine rings is 1. The third kappa shape index (κ3) is 2.98. The molecule has 0 spiro atoms. The largest absolute Gasteiger partial charge is 0.390 e. The molecule has 1 aromatic heterocycles. The molecule has 39 heavy (non-hydrogen) atoms. The van der Waals surface area contributed by atoms with E-state index in [9.17, 15) is 19.8 Å². The summed E-state index contributed by atoms with van der Waals surface area (Å²) in [5.74, 6) is -1.61. The number of halogens is 1. The number of hydrogen-bond donors (Lipinski definition) is 2. The van der Waals surface area contributed by atoms with Crippen LogP contribution in [0.25, 0.3) is 10.9 Å². The maximum atomic E-state index is 17.5. The highest BCUT2D eigenvalue weighted by atomic mass is 19.1. The molecule has 5 aliphatic rings. The van der Waals surface area contributed by atoms with Gasteiger partial charge in [-0.3, -0.25) is 14.6 Å². The Morgan fingerprint density at radius 2 is 2.03 bits per heavy atom. The SMILES string of the molecule is C[C@]12C=CC(=O)C=C1CC[C@H]1[C@@H]3C[C@H]4OC(c5cnc6ccccc6c5)O[C@@]4(C(=O)CO)[C@@]3(C)C[C@H](O)[C@@]12F. The molecule has 0 amide bonds. The predicted octanol–water partition coefficient (Wildman–Crippen LogP) is 3.93. The number of rotatable bonds is 3. The molecule has 4 aliphatic carbocycles. The fourth-order valence-corrected chi connectivity index (χ4v) is 8.94. The number of carbonyl (C=O) groups excluding carboxylic acids is 2. The van der Waals surface area contributed by atoms with E-state index in [-0.39, 0.29) is 18.1 Å². The van der Waals surface area contributed by atoms with Crippen molar-refractivity contribution in [2.45, 2.75) is 69.3 Å². The molecule has 2 N–H and O–H groups in total. The molecular weight excluding hydrogens is 501 g/mol. The number of aromatic nitrogens is 1. The minimum Gasteiger partial charge on any atom is -0.390 e. The molecule has 7 rings (SSSR count). The van der Waals surface area contributed by atoms with Crippen molar-refractivity contribution < 1.29 is 33.7 Å². The molecule has 9 atom stereocenters. The summed E-state index contributed by atoms with van der Waals surface area (Å²) >= 11 is 0. The Hall–Kier alpha value is -2.78. The second kappa shape index (κ2) is 8.13. The second-order valence-electron chi connectivity index (χ2n) is 12.4. The van der Waals surface area contributed by atoms with Crippen molar-refractivity contribution in [2.75, 3.05) is 6.61 Å². The number of nitrogens with zero attached hydrogens (tertiary/aromatic N) is 1. The van der Waals surface area contributed by atoms with E-state index in [1.807, 2.05) is 37.3 Å². The van der Waals surface area contributed by atoms with E-state index >= 15 is 4.39 Å². The van der Waals surface area contributed by atoms with E-state index < -0.39 is 58.9 Å². The molecule has 2 heterocycles. The van der Waals surface area contributed by atoms with E-state index in [1.165, 1.54) is 12.2 Å². The molecule has 0 radical (unpaired) electrons. The number of hydrogen-bond acceptors (Lipinski definition) is 7. The summed E-state index contributed by atoms with van der Waals surface area (Å²) in [6.45, 7) is 2.90. The smallest absolute Gasteiger partial charge is 0.193 e. The van der Waals surface area contributed by atoms with E-state index in [1.54, 1.807) is 19.2 Å². The van der Waals surface area contributed by atoms with Gasteiger partial charge in [0.1, 0.15) is 6.61 Å². The van der Waals surface area contributed by atoms with Crippen LogP contribution in [-0.2, 0) is 19.1 Å². The van der Waals surface area contributed by atoms with Crippen molar-refractivity contribution in [3.8, 4) is 0 Å². The average Bonchev–Trinajstić information content (AvgIpc) is 3.42. The number of carbonyl (C=O) groups is 2. The normalized spacial score (nSPS) is 44.4. The summed E-state index contributed by atoms with van der Waals surface area (Å²) in [6.07, 6.45) is 4.45. The van der Waals surface area contributed by atoms with Gasteiger partial charge in [0.05, 0.1) is 17.7 Å². The number of ketones is 2. The van der Waals surface area contributed by atoms with Gasteiger partial charge in [-0.15, -0.1) is 0 Å². The molecule has 1 aromatic carbocycles. The summed E-state index contributed by atoms with van der Waals surface area (Å²) in [6, 6.07) is 9.58. The van der Waals surface area contributed by atoms with Gasteiger partial charge >= 0.3 is 0 Å². The van der Waals surface area contributed by atoms with Crippen LogP contribution in [0.2, 0.25) is 0 Å². The lowest BCUT2D eigenvalue weighted by Gasteiger charge is -2.62. The van der Waals surface area contributed by atoms with Crippen LogP contribution in [0.1, 0.15) is 51.4 Å². The summed E-state index contributed by atoms with van der Waals surface area (Å²) < 4.78 is 30.5. The fraction of sp³-hybridized carbons (Fsp3) is 0.516. The van der Waals surface area contributed by atoms with Crippen LogP contribution in [0.3, 0.4) is 0 Å². The van der Waals surface area contributed by atoms with Gasteiger partial charge in [0, 0.05) is 33.9 Å². The quantitative estimate of drug-likeness (QED) is 0.616. The molecule has 4 fully saturated rings. The van der Waals surface area contributed by atoms with Crippen LogP contribution < -0.4 is 0 Å². The monoisotopic (exact) mass is 533 g/mol. The van der Waals surface area contributed by atoms with Gasteiger partial charge in [-0.05, 0) is 62.8 Å². The fourth-order valence-electron chi connectivity index (χ4n) is 8.94. The van der Waals surface area contributed by atoms with Crippen molar-refractivity contribution in [3.63, 3.8) is 0 Å². The Labute approximate surface area is 225 Å². The average molecular weight is 534 g/mol. The molecule has 1 unspecified atom stereocenters. The number of aliphatic hydroxyl groups excluding tert-OH is 2. The summed E-state index contributed by atoms with van der Waals surface area (Å²) in [5.41, 5.74) is -3.50.